The molecule has 0 bridgehead atoms. The average molecular weight is 338 g/mol. The summed E-state index contributed by atoms with van der Waals surface area (Å²) in [6.07, 6.45) is 1.73. The molecule has 0 saturated heterocycles. The van der Waals surface area contributed by atoms with Crippen molar-refractivity contribution in [2.45, 2.75) is 46.3 Å². The van der Waals surface area contributed by atoms with E-state index in [4.69, 9.17) is 9.15 Å². The first-order valence-corrected chi connectivity index (χ1v) is 8.82. The molecule has 0 saturated carbocycles. The minimum atomic E-state index is -0.276. The molecule has 0 amide bonds. The van der Waals surface area contributed by atoms with Gasteiger partial charge in [-0.2, -0.15) is 0 Å². The highest BCUT2D eigenvalue weighted by Gasteiger charge is 2.21. The van der Waals surface area contributed by atoms with Gasteiger partial charge >= 0.3 is 0 Å². The van der Waals surface area contributed by atoms with Crippen LogP contribution in [0.3, 0.4) is 0 Å². The van der Waals surface area contributed by atoms with E-state index in [1.54, 1.807) is 13.4 Å². The second kappa shape index (κ2) is 10.4. The van der Waals surface area contributed by atoms with E-state index in [-0.39, 0.29) is 11.6 Å². The molecule has 0 aromatic carbocycles. The Balaban J connectivity index is 2.79. The van der Waals surface area contributed by atoms with E-state index in [1.165, 1.54) is 0 Å². The fraction of sp³-hybridized carbons (Fsp3) is 0.722. The van der Waals surface area contributed by atoms with Crippen molar-refractivity contribution in [2.24, 2.45) is 4.99 Å². The van der Waals surface area contributed by atoms with Crippen molar-refractivity contribution < 1.29 is 9.15 Å². The van der Waals surface area contributed by atoms with Crippen molar-refractivity contribution in [1.29, 1.82) is 0 Å². The Bertz CT molecular complexity index is 467. The average Bonchev–Trinajstić information content (AvgIpc) is 3.10. The Morgan fingerprint density at radius 2 is 2.00 bits per heavy atom. The molecule has 0 spiro atoms. The van der Waals surface area contributed by atoms with Crippen LogP contribution in [-0.4, -0.2) is 56.3 Å². The van der Waals surface area contributed by atoms with Gasteiger partial charge in [-0.25, -0.2) is 0 Å². The van der Waals surface area contributed by atoms with Gasteiger partial charge in [-0.1, -0.05) is 13.8 Å². The van der Waals surface area contributed by atoms with Crippen LogP contribution in [0.25, 0.3) is 0 Å². The summed E-state index contributed by atoms with van der Waals surface area (Å²) in [7, 11) is 1.71. The first-order valence-electron chi connectivity index (χ1n) is 8.82. The highest BCUT2D eigenvalue weighted by atomic mass is 16.5. The fourth-order valence-corrected chi connectivity index (χ4v) is 2.42. The highest BCUT2D eigenvalue weighted by Crippen LogP contribution is 2.20. The Morgan fingerprint density at radius 1 is 1.29 bits per heavy atom. The number of aliphatic imine (C=N–C) groups is 1. The van der Waals surface area contributed by atoms with Crippen molar-refractivity contribution >= 4 is 5.96 Å². The zero-order valence-electron chi connectivity index (χ0n) is 16.1. The zero-order chi connectivity index (χ0) is 18.0. The monoisotopic (exact) mass is 338 g/mol. The first-order chi connectivity index (χ1) is 11.5. The second-order valence-electron chi connectivity index (χ2n) is 6.29. The van der Waals surface area contributed by atoms with Gasteiger partial charge in [0.05, 0.1) is 24.5 Å². The summed E-state index contributed by atoms with van der Waals surface area (Å²) in [4.78, 5) is 7.01. The quantitative estimate of drug-likeness (QED) is 0.507. The summed E-state index contributed by atoms with van der Waals surface area (Å²) in [5.74, 6) is 1.77. The van der Waals surface area contributed by atoms with Crippen LogP contribution in [0, 0.1) is 0 Å². The van der Waals surface area contributed by atoms with Gasteiger partial charge < -0.3 is 19.8 Å². The number of nitrogens with zero attached hydrogens (tertiary/aromatic N) is 2. The van der Waals surface area contributed by atoms with Crippen molar-refractivity contribution in [3.8, 4) is 0 Å². The third-order valence-corrected chi connectivity index (χ3v) is 4.10. The predicted molar refractivity (Wildman–Crippen MR) is 99.4 cm³/mol. The summed E-state index contributed by atoms with van der Waals surface area (Å²) in [5.41, 5.74) is -0.276. The van der Waals surface area contributed by atoms with Crippen LogP contribution in [0.2, 0.25) is 0 Å². The fourth-order valence-electron chi connectivity index (χ4n) is 2.42. The molecular weight excluding hydrogens is 304 g/mol. The molecule has 1 heterocycles. The standard InChI is InChI=1S/C18H34N4O2/c1-7-19-17(21-14-18(4,5)23-6)20-13-15(22(8-2)9-3)16-11-10-12-24-16/h10-12,15H,7-9,13-14H2,1-6H3,(H2,19,20,21). The second-order valence-corrected chi connectivity index (χ2v) is 6.29. The SMILES string of the molecule is CCNC(=NCC(C)(C)OC)NCC(c1ccco1)N(CC)CC. The predicted octanol–water partition coefficient (Wildman–Crippen LogP) is 2.64. The molecule has 24 heavy (non-hydrogen) atoms. The molecule has 1 aromatic rings. The van der Waals surface area contributed by atoms with E-state index in [2.05, 4.69) is 41.3 Å². The topological polar surface area (TPSA) is 62.0 Å². The number of likely N-dealkylation sites (N-methyl/N-ethyl adjacent to an activating group) is 1. The molecule has 0 radical (unpaired) electrons. The van der Waals surface area contributed by atoms with Crippen LogP contribution in [-0.2, 0) is 4.74 Å². The lowest BCUT2D eigenvalue weighted by molar-refractivity contribution is 0.0310. The molecule has 0 aliphatic carbocycles. The number of guanidine groups is 1. The summed E-state index contributed by atoms with van der Waals surface area (Å²) in [6, 6.07) is 4.14. The van der Waals surface area contributed by atoms with Gasteiger partial charge in [0.2, 0.25) is 0 Å². The van der Waals surface area contributed by atoms with Crippen LogP contribution in [0.5, 0.6) is 0 Å². The van der Waals surface area contributed by atoms with Crippen LogP contribution in [0.15, 0.2) is 27.8 Å². The molecule has 1 aromatic heterocycles. The van der Waals surface area contributed by atoms with Gasteiger partial charge in [0.15, 0.2) is 5.96 Å². The lowest BCUT2D eigenvalue weighted by Crippen LogP contribution is -2.44. The normalized spacial score (nSPS) is 14.0. The number of ether oxygens (including phenoxy) is 1. The van der Waals surface area contributed by atoms with Gasteiger partial charge in [-0.3, -0.25) is 9.89 Å². The third kappa shape index (κ3) is 6.53. The molecular formula is C18H34N4O2. The van der Waals surface area contributed by atoms with E-state index in [9.17, 15) is 0 Å². The van der Waals surface area contributed by atoms with Crippen LogP contribution in [0.4, 0.5) is 0 Å². The Kier molecular flexibility index (Phi) is 8.85. The summed E-state index contributed by atoms with van der Waals surface area (Å²) < 4.78 is 11.1. The lowest BCUT2D eigenvalue weighted by atomic mass is 10.1. The van der Waals surface area contributed by atoms with Crippen LogP contribution < -0.4 is 10.6 Å². The number of rotatable bonds is 10. The molecule has 0 aliphatic heterocycles. The van der Waals surface area contributed by atoms with Crippen LogP contribution in [0.1, 0.15) is 46.4 Å². The van der Waals surface area contributed by atoms with Crippen molar-refractivity contribution in [3.05, 3.63) is 24.2 Å². The van der Waals surface area contributed by atoms with Gasteiger partial charge in [0, 0.05) is 20.2 Å². The Hall–Kier alpha value is -1.53. The molecule has 1 unspecified atom stereocenters. The largest absolute Gasteiger partial charge is 0.468 e. The molecule has 138 valence electrons. The maximum Gasteiger partial charge on any atom is 0.191 e. The Labute approximate surface area is 146 Å². The zero-order valence-corrected chi connectivity index (χ0v) is 16.1. The summed E-state index contributed by atoms with van der Waals surface area (Å²) in [6.45, 7) is 14.5. The summed E-state index contributed by atoms with van der Waals surface area (Å²) in [5, 5.41) is 6.73. The minimum Gasteiger partial charge on any atom is -0.468 e. The number of furan rings is 1. The maximum absolute atomic E-state index is 5.64. The van der Waals surface area contributed by atoms with Gasteiger partial charge in [-0.05, 0) is 46.0 Å². The number of hydrogen-bond acceptors (Lipinski definition) is 4. The van der Waals surface area contributed by atoms with E-state index in [0.29, 0.717) is 6.54 Å². The van der Waals surface area contributed by atoms with Gasteiger partial charge in [0.25, 0.3) is 0 Å². The number of methoxy groups -OCH3 is 1. The molecule has 1 rings (SSSR count). The van der Waals surface area contributed by atoms with E-state index < -0.39 is 0 Å². The molecule has 6 heteroatoms. The van der Waals surface area contributed by atoms with Gasteiger partial charge in [-0.15, -0.1) is 0 Å². The first kappa shape index (κ1) is 20.5. The van der Waals surface area contributed by atoms with E-state index in [1.807, 2.05) is 26.0 Å². The lowest BCUT2D eigenvalue weighted by Gasteiger charge is -2.29. The molecule has 2 N–H and O–H groups in total. The maximum atomic E-state index is 5.64. The van der Waals surface area contributed by atoms with E-state index in [0.717, 1.165) is 37.9 Å². The third-order valence-electron chi connectivity index (χ3n) is 4.10. The molecule has 0 fully saturated rings. The molecule has 6 nitrogen and oxygen atoms in total. The van der Waals surface area contributed by atoms with Crippen molar-refractivity contribution in [3.63, 3.8) is 0 Å². The van der Waals surface area contributed by atoms with E-state index >= 15 is 0 Å². The molecule has 0 aliphatic rings. The van der Waals surface area contributed by atoms with Gasteiger partial charge in [0.1, 0.15) is 5.76 Å². The smallest absolute Gasteiger partial charge is 0.191 e. The van der Waals surface area contributed by atoms with Crippen LogP contribution >= 0.6 is 0 Å². The number of hydrogen-bond donors (Lipinski definition) is 2. The van der Waals surface area contributed by atoms with Crippen molar-refractivity contribution in [1.82, 2.24) is 15.5 Å². The highest BCUT2D eigenvalue weighted by molar-refractivity contribution is 5.79. The minimum absolute atomic E-state index is 0.175. The molecule has 1 atom stereocenters. The summed E-state index contributed by atoms with van der Waals surface area (Å²) >= 11 is 0. The number of nitrogens with one attached hydrogen (secondary N) is 2. The van der Waals surface area contributed by atoms with Crippen molar-refractivity contribution in [2.75, 3.05) is 39.8 Å². The Morgan fingerprint density at radius 3 is 2.50 bits per heavy atom.